The summed E-state index contributed by atoms with van der Waals surface area (Å²) in [6.45, 7) is 2.27. The Morgan fingerprint density at radius 2 is 0.969 bits per heavy atom. The molecule has 0 bridgehead atoms. The Balaban J connectivity index is 0.000000416. The van der Waals surface area contributed by atoms with Crippen molar-refractivity contribution in [2.24, 2.45) is 0 Å². The predicted molar refractivity (Wildman–Crippen MR) is 139 cm³/mol. The van der Waals surface area contributed by atoms with Crippen LogP contribution in [0.4, 0.5) is 0 Å². The molecule has 4 rings (SSSR count). The summed E-state index contributed by atoms with van der Waals surface area (Å²) in [7, 11) is 0. The highest BCUT2D eigenvalue weighted by atomic mass is 16.3. The van der Waals surface area contributed by atoms with Crippen LogP contribution in [-0.4, -0.2) is 9.67 Å². The summed E-state index contributed by atoms with van der Waals surface area (Å²) < 4.78 is 2.12. The van der Waals surface area contributed by atoms with Gasteiger partial charge in [0.2, 0.25) is 0 Å². The maximum atomic E-state index is 10.9. The maximum Gasteiger partial charge on any atom is 0.131 e. The average Bonchev–Trinajstić information content (AvgIpc) is 3.19. The van der Waals surface area contributed by atoms with E-state index in [1.807, 2.05) is 36.4 Å². The first-order valence-corrected chi connectivity index (χ1v) is 12.5. The van der Waals surface area contributed by atoms with Crippen molar-refractivity contribution in [1.29, 1.82) is 0 Å². The number of aliphatic hydroxyl groups is 1. The second-order valence-electron chi connectivity index (χ2n) is 8.66. The number of hydrogen-bond donors (Lipinski definition) is 1. The molecule has 0 radical (unpaired) electrons. The van der Waals surface area contributed by atoms with Crippen LogP contribution in [0.1, 0.15) is 77.4 Å². The highest BCUT2D eigenvalue weighted by Gasteiger charge is 2.15. The molecule has 0 amide bonds. The minimum absolute atomic E-state index is 0.440. The van der Waals surface area contributed by atoms with E-state index in [4.69, 9.17) is 0 Å². The van der Waals surface area contributed by atoms with Gasteiger partial charge in [0, 0.05) is 10.8 Å². The van der Waals surface area contributed by atoms with Crippen LogP contribution in [0.3, 0.4) is 0 Å². The number of benzene rings is 3. The standard InChI is InChI=1S/C24H33NO.C6H6/c1-2-3-4-5-6-7-8-9-10-19-24(26)25-22-17-13-11-15-20(22)21-16-12-14-18-23(21)25;1-2-4-6-5-3-1/h11-18,24,26H,2-10,19H2,1H3;1-6H. The summed E-state index contributed by atoms with van der Waals surface area (Å²) in [5, 5.41) is 13.3. The lowest BCUT2D eigenvalue weighted by molar-refractivity contribution is 0.0999. The van der Waals surface area contributed by atoms with Gasteiger partial charge in [0.05, 0.1) is 11.0 Å². The Hall–Kier alpha value is -2.58. The molecule has 0 saturated carbocycles. The molecule has 1 atom stereocenters. The van der Waals surface area contributed by atoms with Gasteiger partial charge in [-0.25, -0.2) is 0 Å². The number of rotatable bonds is 11. The average molecular weight is 430 g/mol. The summed E-state index contributed by atoms with van der Waals surface area (Å²) in [5.74, 6) is 0. The SMILES string of the molecule is CCCCCCCCCCCC(O)n1c2ccccc2c2ccccc21.c1ccccc1. The van der Waals surface area contributed by atoms with E-state index < -0.39 is 6.23 Å². The second kappa shape index (κ2) is 13.8. The zero-order valence-corrected chi connectivity index (χ0v) is 19.6. The van der Waals surface area contributed by atoms with Crippen LogP contribution in [0.15, 0.2) is 84.9 Å². The smallest absolute Gasteiger partial charge is 0.131 e. The fraction of sp³-hybridized carbons (Fsp3) is 0.400. The van der Waals surface area contributed by atoms with Crippen LogP contribution in [0.5, 0.6) is 0 Å². The van der Waals surface area contributed by atoms with Gasteiger partial charge in [-0.2, -0.15) is 0 Å². The van der Waals surface area contributed by atoms with Crippen LogP contribution in [0.25, 0.3) is 21.8 Å². The van der Waals surface area contributed by atoms with E-state index in [2.05, 4.69) is 60.0 Å². The molecule has 2 nitrogen and oxygen atoms in total. The third-order valence-electron chi connectivity index (χ3n) is 6.15. The van der Waals surface area contributed by atoms with Gasteiger partial charge in [-0.05, 0) is 25.0 Å². The van der Waals surface area contributed by atoms with Gasteiger partial charge in [0.25, 0.3) is 0 Å². The van der Waals surface area contributed by atoms with Crippen molar-refractivity contribution in [3.8, 4) is 0 Å². The van der Waals surface area contributed by atoms with Crippen LogP contribution < -0.4 is 0 Å². The van der Waals surface area contributed by atoms with Crippen molar-refractivity contribution in [1.82, 2.24) is 4.57 Å². The summed E-state index contributed by atoms with van der Waals surface area (Å²) in [6.07, 6.45) is 12.2. The largest absolute Gasteiger partial charge is 0.373 e. The van der Waals surface area contributed by atoms with Crippen molar-refractivity contribution < 1.29 is 5.11 Å². The van der Waals surface area contributed by atoms with Crippen molar-refractivity contribution >= 4 is 21.8 Å². The summed E-state index contributed by atoms with van der Waals surface area (Å²) in [4.78, 5) is 0. The molecule has 0 spiro atoms. The molecule has 0 aliphatic rings. The highest BCUT2D eigenvalue weighted by Crippen LogP contribution is 2.32. The van der Waals surface area contributed by atoms with Gasteiger partial charge >= 0.3 is 0 Å². The normalized spacial score (nSPS) is 11.9. The Morgan fingerprint density at radius 3 is 1.44 bits per heavy atom. The van der Waals surface area contributed by atoms with Gasteiger partial charge in [-0.1, -0.05) is 131 Å². The van der Waals surface area contributed by atoms with Gasteiger partial charge in [0.1, 0.15) is 6.23 Å². The summed E-state index contributed by atoms with van der Waals surface area (Å²) >= 11 is 0. The minimum Gasteiger partial charge on any atom is -0.373 e. The molecule has 170 valence electrons. The first-order chi connectivity index (χ1) is 15.8. The van der Waals surface area contributed by atoms with Crippen molar-refractivity contribution in [3.63, 3.8) is 0 Å². The van der Waals surface area contributed by atoms with E-state index in [9.17, 15) is 5.11 Å². The molecule has 1 N–H and O–H groups in total. The van der Waals surface area contributed by atoms with E-state index in [1.165, 1.54) is 62.1 Å². The first kappa shape index (κ1) is 24.1. The van der Waals surface area contributed by atoms with E-state index >= 15 is 0 Å². The third-order valence-corrected chi connectivity index (χ3v) is 6.15. The topological polar surface area (TPSA) is 25.2 Å². The highest BCUT2D eigenvalue weighted by molar-refractivity contribution is 6.08. The first-order valence-electron chi connectivity index (χ1n) is 12.5. The molecule has 4 aromatic rings. The van der Waals surface area contributed by atoms with Gasteiger partial charge in [0.15, 0.2) is 0 Å². The lowest BCUT2D eigenvalue weighted by Crippen LogP contribution is -2.07. The van der Waals surface area contributed by atoms with E-state index in [-0.39, 0.29) is 0 Å². The predicted octanol–water partition coefficient (Wildman–Crippen LogP) is 8.89. The molecule has 0 fully saturated rings. The minimum atomic E-state index is -0.440. The zero-order valence-electron chi connectivity index (χ0n) is 19.6. The maximum absolute atomic E-state index is 10.9. The van der Waals surface area contributed by atoms with Crippen LogP contribution in [0.2, 0.25) is 0 Å². The molecule has 1 unspecified atom stereocenters. The molecule has 0 aliphatic carbocycles. The lowest BCUT2D eigenvalue weighted by atomic mass is 10.1. The molecule has 3 aromatic carbocycles. The monoisotopic (exact) mass is 429 g/mol. The fourth-order valence-electron chi connectivity index (χ4n) is 4.43. The fourth-order valence-corrected chi connectivity index (χ4v) is 4.43. The van der Waals surface area contributed by atoms with Crippen molar-refractivity contribution in [3.05, 3.63) is 84.9 Å². The van der Waals surface area contributed by atoms with E-state index in [1.54, 1.807) is 0 Å². The van der Waals surface area contributed by atoms with E-state index in [0.717, 1.165) is 23.9 Å². The molecular formula is C30H39NO. The molecule has 2 heteroatoms. The number of unbranched alkanes of at least 4 members (excludes halogenated alkanes) is 8. The molecule has 0 saturated heterocycles. The number of aromatic nitrogens is 1. The van der Waals surface area contributed by atoms with Gasteiger partial charge in [-0.3, -0.25) is 0 Å². The molecule has 0 aliphatic heterocycles. The van der Waals surface area contributed by atoms with Crippen LogP contribution in [-0.2, 0) is 0 Å². The molecular weight excluding hydrogens is 390 g/mol. The third kappa shape index (κ3) is 6.97. The Kier molecular flexibility index (Phi) is 10.3. The second-order valence-corrected chi connectivity index (χ2v) is 8.66. The van der Waals surface area contributed by atoms with Crippen LogP contribution >= 0.6 is 0 Å². The lowest BCUT2D eigenvalue weighted by Gasteiger charge is -2.15. The van der Waals surface area contributed by atoms with Gasteiger partial charge < -0.3 is 9.67 Å². The van der Waals surface area contributed by atoms with Crippen molar-refractivity contribution in [2.75, 3.05) is 0 Å². The van der Waals surface area contributed by atoms with Crippen LogP contribution in [0, 0.1) is 0 Å². The number of nitrogens with zero attached hydrogens (tertiary/aromatic N) is 1. The summed E-state index contributed by atoms with van der Waals surface area (Å²) in [6, 6.07) is 28.8. The number of para-hydroxylation sites is 2. The zero-order chi connectivity index (χ0) is 22.4. The van der Waals surface area contributed by atoms with Gasteiger partial charge in [-0.15, -0.1) is 0 Å². The number of hydrogen-bond acceptors (Lipinski definition) is 1. The Bertz CT molecular complexity index is 941. The van der Waals surface area contributed by atoms with E-state index in [0.29, 0.717) is 0 Å². The Labute approximate surface area is 193 Å². The van der Waals surface area contributed by atoms with Crippen molar-refractivity contribution in [2.45, 2.75) is 77.4 Å². The Morgan fingerprint density at radius 1 is 0.562 bits per heavy atom. The quantitative estimate of drug-likeness (QED) is 0.237. The molecule has 1 aromatic heterocycles. The molecule has 1 heterocycles. The molecule has 32 heavy (non-hydrogen) atoms. The number of fused-ring (bicyclic) bond motifs is 3. The number of aliphatic hydroxyl groups excluding tert-OH is 1. The summed E-state index contributed by atoms with van der Waals surface area (Å²) in [5.41, 5.74) is 2.27.